The van der Waals surface area contributed by atoms with Gasteiger partial charge in [-0.2, -0.15) is 0 Å². The minimum atomic E-state index is 0.379. The lowest BCUT2D eigenvalue weighted by Crippen LogP contribution is -2.33. The first kappa shape index (κ1) is 12.0. The van der Waals surface area contributed by atoms with Gasteiger partial charge in [0.25, 0.3) is 0 Å². The molecule has 92 valence electrons. The molecule has 1 aliphatic heterocycles. The Bertz CT molecular complexity index is 362. The van der Waals surface area contributed by atoms with Gasteiger partial charge in [0.15, 0.2) is 0 Å². The zero-order chi connectivity index (χ0) is 12.1. The summed E-state index contributed by atoms with van der Waals surface area (Å²) in [5.41, 5.74) is 1.18. The second-order valence-electron chi connectivity index (χ2n) is 4.37. The molecule has 0 aliphatic carbocycles. The Labute approximate surface area is 102 Å². The third-order valence-electron chi connectivity index (χ3n) is 3.00. The van der Waals surface area contributed by atoms with Crippen LogP contribution in [0.1, 0.15) is 26.2 Å². The summed E-state index contributed by atoms with van der Waals surface area (Å²) in [4.78, 5) is 13.4. The third kappa shape index (κ3) is 3.22. The predicted octanol–water partition coefficient (Wildman–Crippen LogP) is 2.64. The van der Waals surface area contributed by atoms with E-state index in [-0.39, 0.29) is 0 Å². The quantitative estimate of drug-likeness (QED) is 0.800. The summed E-state index contributed by atoms with van der Waals surface area (Å²) in [5.74, 6) is 1.30. The minimum absolute atomic E-state index is 0.379. The molecule has 0 spiro atoms. The molecule has 0 N–H and O–H groups in total. The highest BCUT2D eigenvalue weighted by Gasteiger charge is 2.16. The molecule has 0 radical (unpaired) electrons. The number of hydrogen-bond acceptors (Lipinski definition) is 3. The average molecular weight is 233 g/mol. The Morgan fingerprint density at radius 1 is 1.18 bits per heavy atom. The van der Waals surface area contributed by atoms with Crippen molar-refractivity contribution in [3.63, 3.8) is 0 Å². The molecular formula is C14H19NO2. The normalized spacial score (nSPS) is 16.1. The first-order valence-corrected chi connectivity index (χ1v) is 6.29. The number of rotatable bonds is 4. The Balaban J connectivity index is 1.95. The third-order valence-corrected chi connectivity index (χ3v) is 3.00. The fourth-order valence-corrected chi connectivity index (χ4v) is 1.99. The van der Waals surface area contributed by atoms with Crippen molar-refractivity contribution in [1.82, 2.24) is 0 Å². The highest BCUT2D eigenvalue weighted by molar-refractivity contribution is 5.81. The maximum Gasteiger partial charge on any atom is 0.136 e. The molecule has 2 rings (SSSR count). The van der Waals surface area contributed by atoms with E-state index in [4.69, 9.17) is 4.74 Å². The zero-order valence-electron chi connectivity index (χ0n) is 10.3. The van der Waals surface area contributed by atoms with Crippen LogP contribution in [-0.4, -0.2) is 25.5 Å². The lowest BCUT2D eigenvalue weighted by molar-refractivity contribution is -0.119. The molecule has 1 fully saturated rings. The molecule has 0 atom stereocenters. The van der Waals surface area contributed by atoms with E-state index in [0.29, 0.717) is 18.6 Å². The molecule has 1 heterocycles. The van der Waals surface area contributed by atoms with Crippen molar-refractivity contribution in [1.29, 1.82) is 0 Å². The number of piperidine rings is 1. The summed E-state index contributed by atoms with van der Waals surface area (Å²) in [6.45, 7) is 4.54. The second-order valence-corrected chi connectivity index (χ2v) is 4.37. The van der Waals surface area contributed by atoms with E-state index in [1.807, 2.05) is 12.1 Å². The monoisotopic (exact) mass is 233 g/mol. The Hall–Kier alpha value is -1.51. The maximum absolute atomic E-state index is 11.2. The Kier molecular flexibility index (Phi) is 4.02. The molecule has 0 bridgehead atoms. The first-order valence-electron chi connectivity index (χ1n) is 6.29. The van der Waals surface area contributed by atoms with Crippen LogP contribution in [0.2, 0.25) is 0 Å². The number of carbonyl (C=O) groups excluding carboxylic acids is 1. The summed E-state index contributed by atoms with van der Waals surface area (Å²) >= 11 is 0. The van der Waals surface area contributed by atoms with Gasteiger partial charge in [0.1, 0.15) is 11.5 Å². The molecule has 17 heavy (non-hydrogen) atoms. The number of benzene rings is 1. The van der Waals surface area contributed by atoms with E-state index in [1.54, 1.807) is 0 Å². The van der Waals surface area contributed by atoms with E-state index in [9.17, 15) is 4.79 Å². The van der Waals surface area contributed by atoms with Gasteiger partial charge in [0.2, 0.25) is 0 Å². The van der Waals surface area contributed by atoms with Gasteiger partial charge in [-0.1, -0.05) is 6.92 Å². The van der Waals surface area contributed by atoms with Crippen molar-refractivity contribution < 1.29 is 9.53 Å². The minimum Gasteiger partial charge on any atom is -0.494 e. The van der Waals surface area contributed by atoms with Crippen molar-refractivity contribution in [2.45, 2.75) is 26.2 Å². The van der Waals surface area contributed by atoms with Gasteiger partial charge in [0, 0.05) is 31.6 Å². The summed E-state index contributed by atoms with van der Waals surface area (Å²) in [7, 11) is 0. The summed E-state index contributed by atoms with van der Waals surface area (Å²) < 4.78 is 5.54. The molecule has 1 aliphatic rings. The number of carbonyl (C=O) groups is 1. The topological polar surface area (TPSA) is 29.5 Å². The number of Topliss-reactive ketones (excluding diaryl/α,β-unsaturated/α-hetero) is 1. The highest BCUT2D eigenvalue weighted by atomic mass is 16.5. The van der Waals surface area contributed by atoms with Crippen LogP contribution in [0.25, 0.3) is 0 Å². The van der Waals surface area contributed by atoms with Crippen LogP contribution >= 0.6 is 0 Å². The molecular weight excluding hydrogens is 214 g/mol. The van der Waals surface area contributed by atoms with E-state index < -0.39 is 0 Å². The molecule has 1 saturated heterocycles. The van der Waals surface area contributed by atoms with E-state index in [0.717, 1.165) is 31.9 Å². The van der Waals surface area contributed by atoms with Crippen LogP contribution in [0.3, 0.4) is 0 Å². The highest BCUT2D eigenvalue weighted by Crippen LogP contribution is 2.21. The summed E-state index contributed by atoms with van der Waals surface area (Å²) in [5, 5.41) is 0. The standard InChI is InChI=1S/C14H19NO2/c1-2-11-17-14-5-3-12(4-6-14)15-9-7-13(16)8-10-15/h3-6H,2,7-11H2,1H3. The Morgan fingerprint density at radius 2 is 1.82 bits per heavy atom. The number of ether oxygens (including phenoxy) is 1. The van der Waals surface area contributed by atoms with Crippen LogP contribution < -0.4 is 9.64 Å². The van der Waals surface area contributed by atoms with Gasteiger partial charge in [-0.25, -0.2) is 0 Å². The van der Waals surface area contributed by atoms with Crippen LogP contribution in [0, 0.1) is 0 Å². The van der Waals surface area contributed by atoms with Crippen molar-refractivity contribution in [3.05, 3.63) is 24.3 Å². The molecule has 0 aromatic heterocycles. The number of nitrogens with zero attached hydrogens (tertiary/aromatic N) is 1. The van der Waals surface area contributed by atoms with Crippen LogP contribution in [0.5, 0.6) is 5.75 Å². The number of anilines is 1. The van der Waals surface area contributed by atoms with Crippen molar-refractivity contribution >= 4 is 11.5 Å². The fraction of sp³-hybridized carbons (Fsp3) is 0.500. The average Bonchev–Trinajstić information content (AvgIpc) is 2.38. The van der Waals surface area contributed by atoms with Gasteiger partial charge >= 0.3 is 0 Å². The van der Waals surface area contributed by atoms with E-state index in [1.165, 1.54) is 5.69 Å². The molecule has 0 unspecified atom stereocenters. The van der Waals surface area contributed by atoms with Crippen LogP contribution in [0.4, 0.5) is 5.69 Å². The molecule has 1 aromatic rings. The predicted molar refractivity (Wildman–Crippen MR) is 68.7 cm³/mol. The fourth-order valence-electron chi connectivity index (χ4n) is 1.99. The summed E-state index contributed by atoms with van der Waals surface area (Å²) in [6, 6.07) is 8.14. The number of hydrogen-bond donors (Lipinski definition) is 0. The molecule has 1 aromatic carbocycles. The van der Waals surface area contributed by atoms with E-state index in [2.05, 4.69) is 24.0 Å². The van der Waals surface area contributed by atoms with Crippen molar-refractivity contribution in [3.8, 4) is 5.75 Å². The van der Waals surface area contributed by atoms with Gasteiger partial charge < -0.3 is 9.64 Å². The van der Waals surface area contributed by atoms with Gasteiger partial charge in [-0.15, -0.1) is 0 Å². The van der Waals surface area contributed by atoms with Crippen LogP contribution in [0.15, 0.2) is 24.3 Å². The SMILES string of the molecule is CCCOc1ccc(N2CCC(=O)CC2)cc1. The first-order chi connectivity index (χ1) is 8.29. The van der Waals surface area contributed by atoms with Gasteiger partial charge in [-0.05, 0) is 30.7 Å². The van der Waals surface area contributed by atoms with Gasteiger partial charge in [0.05, 0.1) is 6.61 Å². The lowest BCUT2D eigenvalue weighted by atomic mass is 10.1. The Morgan fingerprint density at radius 3 is 2.41 bits per heavy atom. The van der Waals surface area contributed by atoms with Crippen molar-refractivity contribution in [2.75, 3.05) is 24.6 Å². The summed E-state index contributed by atoms with van der Waals surface area (Å²) in [6.07, 6.45) is 2.37. The number of ketones is 1. The van der Waals surface area contributed by atoms with Crippen LogP contribution in [-0.2, 0) is 4.79 Å². The zero-order valence-corrected chi connectivity index (χ0v) is 10.3. The largest absolute Gasteiger partial charge is 0.494 e. The molecule has 3 heteroatoms. The van der Waals surface area contributed by atoms with Gasteiger partial charge in [-0.3, -0.25) is 4.79 Å². The molecule has 0 saturated carbocycles. The lowest BCUT2D eigenvalue weighted by Gasteiger charge is -2.28. The second kappa shape index (κ2) is 5.71. The molecule has 3 nitrogen and oxygen atoms in total. The van der Waals surface area contributed by atoms with Crippen molar-refractivity contribution in [2.24, 2.45) is 0 Å². The maximum atomic E-state index is 11.2. The van der Waals surface area contributed by atoms with E-state index >= 15 is 0 Å². The smallest absolute Gasteiger partial charge is 0.136 e. The molecule has 0 amide bonds.